The van der Waals surface area contributed by atoms with Gasteiger partial charge in [0, 0.05) is 19.6 Å². The first-order valence-corrected chi connectivity index (χ1v) is 21.9. The van der Waals surface area contributed by atoms with Gasteiger partial charge in [-0.15, -0.1) is 5.10 Å². The Labute approximate surface area is 398 Å². The summed E-state index contributed by atoms with van der Waals surface area (Å²) in [6.45, 7) is 17.3. The van der Waals surface area contributed by atoms with E-state index in [9.17, 15) is 34.5 Å². The van der Waals surface area contributed by atoms with Gasteiger partial charge in [0.2, 0.25) is 11.9 Å². The Kier molecular flexibility index (Phi) is 17.9. The van der Waals surface area contributed by atoms with Gasteiger partial charge >= 0.3 is 30.3 Å². The van der Waals surface area contributed by atoms with E-state index in [1.165, 1.54) is 23.9 Å². The van der Waals surface area contributed by atoms with Crippen LogP contribution in [0, 0.1) is 22.7 Å². The lowest BCUT2D eigenvalue weighted by molar-refractivity contribution is -0.153. The number of piperidine rings is 1. The summed E-state index contributed by atoms with van der Waals surface area (Å²) in [5.74, 6) is -0.821. The molecule has 25 heteroatoms. The number of imidazole rings is 1. The summed E-state index contributed by atoms with van der Waals surface area (Å²) >= 11 is 7.05. The van der Waals surface area contributed by atoms with Crippen molar-refractivity contribution in [3.63, 3.8) is 0 Å². The van der Waals surface area contributed by atoms with E-state index < -0.39 is 65.3 Å². The van der Waals surface area contributed by atoms with Crippen molar-refractivity contribution in [2.45, 2.75) is 123 Å². The SMILES string of the molecule is CCNc1nc(Nc2cc(C#N)cc(N3CC[C@@H](NC(=O)OC)[C@H](OC(=O)C(CCCN=C(NC(=O)OC(C)(C)C)NC(=O)OC(C)(C)C)NC(=O)OC(C)(C)C)C3)c2Cl)nn2c(C#N)cnc12. The summed E-state index contributed by atoms with van der Waals surface area (Å²) in [6.07, 6.45) is -3.04. The predicted molar refractivity (Wildman–Crippen MR) is 249 cm³/mol. The molecule has 368 valence electrons. The van der Waals surface area contributed by atoms with E-state index in [1.807, 2.05) is 13.0 Å². The second-order valence-electron chi connectivity index (χ2n) is 18.2. The van der Waals surface area contributed by atoms with E-state index in [-0.39, 0.29) is 72.8 Å². The molecule has 1 unspecified atom stereocenters. The average Bonchev–Trinajstić information content (AvgIpc) is 3.64. The van der Waals surface area contributed by atoms with Crippen molar-refractivity contribution in [2.75, 3.05) is 48.8 Å². The van der Waals surface area contributed by atoms with Crippen LogP contribution in [0.3, 0.4) is 0 Å². The molecule has 1 aromatic carbocycles. The van der Waals surface area contributed by atoms with E-state index in [2.05, 4.69) is 58.0 Å². The van der Waals surface area contributed by atoms with Crippen LogP contribution in [0.1, 0.15) is 99.8 Å². The lowest BCUT2D eigenvalue weighted by Crippen LogP contribution is -2.57. The fraction of sp³-hybridized carbons (Fsp3) is 0.558. The van der Waals surface area contributed by atoms with Crippen molar-refractivity contribution in [2.24, 2.45) is 4.99 Å². The molecule has 68 heavy (non-hydrogen) atoms. The van der Waals surface area contributed by atoms with Crippen LogP contribution >= 0.6 is 11.6 Å². The van der Waals surface area contributed by atoms with Gasteiger partial charge in [-0.3, -0.25) is 15.6 Å². The zero-order chi connectivity index (χ0) is 50.6. The van der Waals surface area contributed by atoms with E-state index in [1.54, 1.807) is 73.3 Å². The second-order valence-corrected chi connectivity index (χ2v) is 18.6. The number of aliphatic imine (C=N–C) groups is 1. The molecule has 4 rings (SSSR count). The molecule has 0 spiro atoms. The monoisotopic (exact) mass is 966 g/mol. The highest BCUT2D eigenvalue weighted by Gasteiger charge is 2.37. The number of fused-ring (bicyclic) bond motifs is 1. The summed E-state index contributed by atoms with van der Waals surface area (Å²) < 4.78 is 28.3. The molecule has 3 heterocycles. The highest BCUT2D eigenvalue weighted by Crippen LogP contribution is 2.37. The molecule has 1 aliphatic rings. The molecule has 1 aliphatic heterocycles. The number of anilines is 4. The van der Waals surface area contributed by atoms with Gasteiger partial charge in [-0.2, -0.15) is 20.0 Å². The molecule has 2 aromatic heterocycles. The topological polar surface area (TPSA) is 310 Å². The summed E-state index contributed by atoms with van der Waals surface area (Å²) in [4.78, 5) is 79.9. The number of alkyl carbamates (subject to hydrolysis) is 4. The average molecular weight is 967 g/mol. The quantitative estimate of drug-likeness (QED) is 0.0398. The van der Waals surface area contributed by atoms with Crippen LogP contribution in [0.2, 0.25) is 5.02 Å². The first kappa shape index (κ1) is 53.3. The number of halogens is 1. The Hall–Kier alpha value is -7.34. The zero-order valence-electron chi connectivity index (χ0n) is 40.0. The van der Waals surface area contributed by atoms with E-state index in [0.29, 0.717) is 23.7 Å². The van der Waals surface area contributed by atoms with Crippen LogP contribution in [0.5, 0.6) is 0 Å². The molecule has 1 saturated heterocycles. The van der Waals surface area contributed by atoms with Gasteiger partial charge in [0.1, 0.15) is 35.0 Å². The Morgan fingerprint density at radius 2 is 1.56 bits per heavy atom. The van der Waals surface area contributed by atoms with Crippen molar-refractivity contribution < 1.29 is 47.7 Å². The highest BCUT2D eigenvalue weighted by molar-refractivity contribution is 6.36. The van der Waals surface area contributed by atoms with E-state index >= 15 is 0 Å². The number of carbonyl (C=O) groups is 5. The molecular formula is C43H59ClN14O10. The van der Waals surface area contributed by atoms with Gasteiger partial charge in [0.15, 0.2) is 17.2 Å². The van der Waals surface area contributed by atoms with Gasteiger partial charge in [-0.05, 0) is 101 Å². The number of nitrogens with one attached hydrogen (secondary N) is 6. The van der Waals surface area contributed by atoms with Crippen molar-refractivity contribution in [1.29, 1.82) is 10.5 Å². The lowest BCUT2D eigenvalue weighted by atomic mass is 10.00. The van der Waals surface area contributed by atoms with Crippen LogP contribution < -0.4 is 36.8 Å². The number of esters is 1. The fourth-order valence-electron chi connectivity index (χ4n) is 6.37. The van der Waals surface area contributed by atoms with Gasteiger partial charge in [-0.1, -0.05) is 11.6 Å². The van der Waals surface area contributed by atoms with Crippen molar-refractivity contribution >= 4 is 76.7 Å². The first-order valence-electron chi connectivity index (χ1n) is 21.6. The number of hydrogen-bond donors (Lipinski definition) is 6. The molecule has 24 nitrogen and oxygen atoms in total. The Bertz CT molecular complexity index is 2410. The molecule has 1 fully saturated rings. The van der Waals surface area contributed by atoms with Crippen LogP contribution in [0.15, 0.2) is 23.3 Å². The minimum absolute atomic E-state index is 0.0303. The molecule has 3 aromatic rings. The third-order valence-electron chi connectivity index (χ3n) is 9.04. The Balaban J connectivity index is 1.63. The number of hydrogen-bond acceptors (Lipinski definition) is 19. The number of nitrogens with zero attached hydrogens (tertiary/aromatic N) is 8. The number of amides is 4. The Morgan fingerprint density at radius 1 is 0.926 bits per heavy atom. The van der Waals surface area contributed by atoms with Gasteiger partial charge < -0.3 is 49.9 Å². The number of aromatic nitrogens is 4. The molecule has 0 bridgehead atoms. The minimum Gasteiger partial charge on any atom is -0.457 e. The smallest absolute Gasteiger partial charge is 0.414 e. The molecule has 3 atom stereocenters. The maximum Gasteiger partial charge on any atom is 0.414 e. The summed E-state index contributed by atoms with van der Waals surface area (Å²) in [5, 5.41) is 40.5. The third kappa shape index (κ3) is 16.2. The number of guanidine groups is 1. The standard InChI is InChI=1S/C43H59ClN14O10/c1-12-47-32-33-49-22-25(21-46)58(33)56-36(53-32)50-28-18-24(20-45)19-29(31(28)44)57-17-15-26(51-37(60)64-11)30(23-57)65-34(59)27(52-38(61)66-41(2,3)4)14-13-16-48-35(54-39(62)67-42(5,6)7)55-40(63)68-43(8,9)10/h18-19,22,26-27,30H,12-17,23H2,1-11H3,(H,51,60)(H,52,61)(H2,47,50,53,56)(H2,48,54,55,62,63)/t26-,27?,30-/m1/s1. The number of methoxy groups -OCH3 is 1. The second kappa shape index (κ2) is 22.9. The number of carbonyl (C=O) groups excluding carboxylic acids is 5. The maximum atomic E-state index is 14.2. The van der Waals surface area contributed by atoms with Gasteiger partial charge in [0.05, 0.1) is 53.9 Å². The van der Waals surface area contributed by atoms with E-state index in [0.717, 1.165) is 0 Å². The molecule has 0 saturated carbocycles. The summed E-state index contributed by atoms with van der Waals surface area (Å²) in [6, 6.07) is 5.08. The molecule has 4 amide bonds. The molecule has 0 aliphatic carbocycles. The first-order chi connectivity index (χ1) is 31.8. The molecule has 6 N–H and O–H groups in total. The van der Waals surface area contributed by atoms with Gasteiger partial charge in [-0.25, -0.2) is 29.0 Å². The van der Waals surface area contributed by atoms with Crippen LogP contribution in [-0.2, 0) is 28.5 Å². The van der Waals surface area contributed by atoms with Crippen molar-refractivity contribution in [1.82, 2.24) is 40.8 Å². The van der Waals surface area contributed by atoms with Gasteiger partial charge in [0.25, 0.3) is 0 Å². The van der Waals surface area contributed by atoms with Crippen LogP contribution in [0.25, 0.3) is 5.65 Å². The summed E-state index contributed by atoms with van der Waals surface area (Å²) in [5.41, 5.74) is -1.42. The molecule has 0 radical (unpaired) electrons. The number of nitriles is 2. The number of benzene rings is 1. The fourth-order valence-corrected chi connectivity index (χ4v) is 6.65. The molecular weight excluding hydrogens is 908 g/mol. The van der Waals surface area contributed by atoms with E-state index in [4.69, 9.17) is 35.3 Å². The van der Waals surface area contributed by atoms with Crippen LogP contribution in [-0.4, -0.2) is 124 Å². The highest BCUT2D eigenvalue weighted by atomic mass is 35.5. The number of ether oxygens (including phenoxy) is 5. The lowest BCUT2D eigenvalue weighted by Gasteiger charge is -2.40. The Morgan fingerprint density at radius 3 is 2.13 bits per heavy atom. The van der Waals surface area contributed by atoms with Crippen molar-refractivity contribution in [3.8, 4) is 12.1 Å². The maximum absolute atomic E-state index is 14.2. The largest absolute Gasteiger partial charge is 0.457 e. The van der Waals surface area contributed by atoms with Crippen LogP contribution in [0.4, 0.5) is 42.3 Å². The van der Waals surface area contributed by atoms with Crippen molar-refractivity contribution in [3.05, 3.63) is 34.6 Å². The summed E-state index contributed by atoms with van der Waals surface area (Å²) in [7, 11) is 1.19. The minimum atomic E-state index is -1.34. The third-order valence-corrected chi connectivity index (χ3v) is 9.44. The zero-order valence-corrected chi connectivity index (χ0v) is 40.7. The predicted octanol–water partition coefficient (Wildman–Crippen LogP) is 5.62. The number of rotatable bonds is 13. The normalized spacial score (nSPS) is 15.3.